The van der Waals surface area contributed by atoms with E-state index in [0.717, 1.165) is 51.6 Å². The number of hydrogen-bond acceptors (Lipinski definition) is 7. The number of anilines is 2. The fourth-order valence-corrected chi connectivity index (χ4v) is 5.34. The van der Waals surface area contributed by atoms with Crippen molar-refractivity contribution in [1.29, 1.82) is 0 Å². The second-order valence-electron chi connectivity index (χ2n) is 9.31. The molecular weight excluding hydrogens is 471 g/mol. The highest BCUT2D eigenvalue weighted by Crippen LogP contribution is 2.38. The SMILES string of the molecule is COc1cc2ncnc(Nc3cccc(Cl)c3F)c2cc1O[C@H]1CC[C@H](N2CCC[C@H](O)C2)CC1. The smallest absolute Gasteiger partial charge is 0.165 e. The van der Waals surface area contributed by atoms with Crippen LogP contribution in [0.25, 0.3) is 10.9 Å². The maximum Gasteiger partial charge on any atom is 0.165 e. The van der Waals surface area contributed by atoms with Crippen LogP contribution in [0.15, 0.2) is 36.7 Å². The number of hydrogen-bond donors (Lipinski definition) is 2. The molecule has 3 aromatic rings. The number of rotatable bonds is 6. The number of halogens is 2. The topological polar surface area (TPSA) is 79.7 Å². The molecule has 5 rings (SSSR count). The zero-order valence-corrected chi connectivity index (χ0v) is 20.5. The summed E-state index contributed by atoms with van der Waals surface area (Å²) in [7, 11) is 1.61. The van der Waals surface area contributed by atoms with Crippen LogP contribution in [0.1, 0.15) is 38.5 Å². The average Bonchev–Trinajstić information content (AvgIpc) is 2.87. The third-order valence-corrected chi connectivity index (χ3v) is 7.30. The van der Waals surface area contributed by atoms with Crippen LogP contribution in [-0.2, 0) is 0 Å². The second kappa shape index (κ2) is 10.5. The van der Waals surface area contributed by atoms with E-state index in [0.29, 0.717) is 34.3 Å². The zero-order chi connectivity index (χ0) is 24.4. The van der Waals surface area contributed by atoms with Gasteiger partial charge in [-0.1, -0.05) is 17.7 Å². The van der Waals surface area contributed by atoms with Gasteiger partial charge in [0.1, 0.15) is 12.1 Å². The maximum absolute atomic E-state index is 14.5. The van der Waals surface area contributed by atoms with E-state index in [4.69, 9.17) is 21.1 Å². The first kappa shape index (κ1) is 24.0. The average molecular weight is 501 g/mol. The monoisotopic (exact) mass is 500 g/mol. The summed E-state index contributed by atoms with van der Waals surface area (Å²) >= 11 is 5.94. The zero-order valence-electron chi connectivity index (χ0n) is 19.7. The summed E-state index contributed by atoms with van der Waals surface area (Å²) in [5.41, 5.74) is 0.887. The van der Waals surface area contributed by atoms with E-state index in [1.54, 1.807) is 19.2 Å². The lowest BCUT2D eigenvalue weighted by Gasteiger charge is -2.40. The molecule has 0 unspecified atom stereocenters. The lowest BCUT2D eigenvalue weighted by Crippen LogP contribution is -2.46. The minimum absolute atomic E-state index is 0.0359. The number of ether oxygens (including phenoxy) is 2. The van der Waals surface area contributed by atoms with Crippen molar-refractivity contribution in [3.05, 3.63) is 47.5 Å². The van der Waals surface area contributed by atoms with Crippen molar-refractivity contribution >= 4 is 34.0 Å². The number of nitrogens with zero attached hydrogens (tertiary/aromatic N) is 3. The molecule has 2 heterocycles. The molecule has 35 heavy (non-hydrogen) atoms. The van der Waals surface area contributed by atoms with E-state index < -0.39 is 5.82 Å². The molecule has 1 aromatic heterocycles. The Kier molecular flexibility index (Phi) is 7.22. The molecule has 2 fully saturated rings. The largest absolute Gasteiger partial charge is 0.493 e. The van der Waals surface area contributed by atoms with Crippen LogP contribution in [0.4, 0.5) is 15.9 Å². The van der Waals surface area contributed by atoms with Gasteiger partial charge in [0.15, 0.2) is 17.3 Å². The van der Waals surface area contributed by atoms with Crippen molar-refractivity contribution in [2.75, 3.05) is 25.5 Å². The molecule has 2 aliphatic rings. The molecule has 1 aliphatic carbocycles. The highest BCUT2D eigenvalue weighted by Gasteiger charge is 2.30. The van der Waals surface area contributed by atoms with Crippen molar-refractivity contribution in [3.63, 3.8) is 0 Å². The number of aromatic nitrogens is 2. The predicted molar refractivity (Wildman–Crippen MR) is 134 cm³/mol. The summed E-state index contributed by atoms with van der Waals surface area (Å²) < 4.78 is 26.5. The molecule has 7 nitrogen and oxygen atoms in total. The molecule has 2 N–H and O–H groups in total. The molecule has 2 aromatic carbocycles. The molecule has 0 bridgehead atoms. The molecule has 9 heteroatoms. The molecule has 0 spiro atoms. The van der Waals surface area contributed by atoms with Crippen LogP contribution in [0.5, 0.6) is 11.5 Å². The number of benzene rings is 2. The van der Waals surface area contributed by atoms with E-state index in [1.807, 2.05) is 12.1 Å². The van der Waals surface area contributed by atoms with Gasteiger partial charge >= 0.3 is 0 Å². The van der Waals surface area contributed by atoms with Crippen LogP contribution < -0.4 is 14.8 Å². The number of likely N-dealkylation sites (tertiary alicyclic amines) is 1. The van der Waals surface area contributed by atoms with Gasteiger partial charge < -0.3 is 19.9 Å². The number of nitrogens with one attached hydrogen (secondary N) is 1. The van der Waals surface area contributed by atoms with Gasteiger partial charge in [-0.15, -0.1) is 0 Å². The first-order chi connectivity index (χ1) is 17.0. The van der Waals surface area contributed by atoms with Crippen molar-refractivity contribution in [2.45, 2.75) is 56.8 Å². The number of fused-ring (bicyclic) bond motifs is 1. The van der Waals surface area contributed by atoms with Crippen molar-refractivity contribution in [2.24, 2.45) is 0 Å². The van der Waals surface area contributed by atoms with Gasteiger partial charge in [0.05, 0.1) is 35.5 Å². The number of aliphatic hydroxyl groups is 1. The minimum atomic E-state index is -0.538. The predicted octanol–water partition coefficient (Wildman–Crippen LogP) is 5.32. The number of piperidine rings is 1. The summed E-state index contributed by atoms with van der Waals surface area (Å²) in [6.45, 7) is 1.84. The molecular formula is C26H30ClFN4O3. The molecule has 1 aliphatic heterocycles. The van der Waals surface area contributed by atoms with E-state index in [-0.39, 0.29) is 22.9 Å². The van der Waals surface area contributed by atoms with Gasteiger partial charge in [-0.2, -0.15) is 0 Å². The standard InChI is InChI=1S/C26H30ClFN4O3/c1-34-23-13-22-19(26(30-15-29-22)31-21-6-2-5-20(27)25(21)28)12-24(23)35-18-9-7-16(8-10-18)32-11-3-4-17(33)14-32/h2,5-6,12-13,15-18,33H,3-4,7-11,14H2,1H3,(H,29,30,31)/t16-,17-,18-/m0/s1. The lowest BCUT2D eigenvalue weighted by molar-refractivity contribution is 0.0217. The number of β-amino-alcohol motifs (C(OH)–C–C–N with tert-alkyl or cyclic N) is 1. The first-order valence-electron chi connectivity index (χ1n) is 12.1. The fraction of sp³-hybridized carbons (Fsp3) is 0.462. The summed E-state index contributed by atoms with van der Waals surface area (Å²) in [5, 5.41) is 13.8. The summed E-state index contributed by atoms with van der Waals surface area (Å²) in [6, 6.07) is 8.95. The van der Waals surface area contributed by atoms with E-state index in [2.05, 4.69) is 20.2 Å². The van der Waals surface area contributed by atoms with E-state index in [1.165, 1.54) is 12.4 Å². The van der Waals surface area contributed by atoms with Crippen molar-refractivity contribution < 1.29 is 19.0 Å². The number of methoxy groups -OCH3 is 1. The second-order valence-corrected chi connectivity index (χ2v) is 9.72. The van der Waals surface area contributed by atoms with E-state index in [9.17, 15) is 9.50 Å². The molecule has 186 valence electrons. The van der Waals surface area contributed by atoms with Crippen LogP contribution >= 0.6 is 11.6 Å². The fourth-order valence-electron chi connectivity index (χ4n) is 5.17. The molecule has 1 atom stereocenters. The minimum Gasteiger partial charge on any atom is -0.493 e. The Morgan fingerprint density at radius 1 is 1.11 bits per heavy atom. The van der Waals surface area contributed by atoms with Crippen molar-refractivity contribution in [3.8, 4) is 11.5 Å². The molecule has 1 saturated carbocycles. The van der Waals surface area contributed by atoms with Gasteiger partial charge in [0, 0.05) is 24.0 Å². The van der Waals surface area contributed by atoms with Crippen LogP contribution in [0.2, 0.25) is 5.02 Å². The van der Waals surface area contributed by atoms with Gasteiger partial charge in [0.2, 0.25) is 0 Å². The van der Waals surface area contributed by atoms with Gasteiger partial charge in [-0.3, -0.25) is 4.90 Å². The Bertz CT molecular complexity index is 1190. The van der Waals surface area contributed by atoms with Gasteiger partial charge in [-0.25, -0.2) is 14.4 Å². The van der Waals surface area contributed by atoms with Gasteiger partial charge in [-0.05, 0) is 63.3 Å². The lowest BCUT2D eigenvalue weighted by atomic mass is 9.90. The Morgan fingerprint density at radius 2 is 1.94 bits per heavy atom. The first-order valence-corrected chi connectivity index (χ1v) is 12.5. The third kappa shape index (κ3) is 5.29. The summed E-state index contributed by atoms with van der Waals surface area (Å²) in [4.78, 5) is 11.1. The van der Waals surface area contributed by atoms with Gasteiger partial charge in [0.25, 0.3) is 0 Å². The Hall–Kier alpha value is -2.68. The quantitative estimate of drug-likeness (QED) is 0.474. The van der Waals surface area contributed by atoms with Crippen LogP contribution in [0.3, 0.4) is 0 Å². The van der Waals surface area contributed by atoms with E-state index >= 15 is 0 Å². The Labute approximate surface area is 209 Å². The highest BCUT2D eigenvalue weighted by atomic mass is 35.5. The Balaban J connectivity index is 1.34. The highest BCUT2D eigenvalue weighted by molar-refractivity contribution is 6.31. The van der Waals surface area contributed by atoms with Crippen LogP contribution in [0, 0.1) is 5.82 Å². The number of aliphatic hydroxyl groups excluding tert-OH is 1. The third-order valence-electron chi connectivity index (χ3n) is 7.01. The molecule has 0 radical (unpaired) electrons. The molecule has 0 amide bonds. The Morgan fingerprint density at radius 3 is 2.71 bits per heavy atom. The normalized spacial score (nSPS) is 23.3. The summed E-state index contributed by atoms with van der Waals surface area (Å²) in [6.07, 6.45) is 7.19. The molecule has 1 saturated heterocycles. The maximum atomic E-state index is 14.5. The van der Waals surface area contributed by atoms with Crippen LogP contribution in [-0.4, -0.2) is 58.4 Å². The summed E-state index contributed by atoms with van der Waals surface area (Å²) in [5.74, 6) is 1.12. The van der Waals surface area contributed by atoms with Crippen molar-refractivity contribution in [1.82, 2.24) is 14.9 Å².